The van der Waals surface area contributed by atoms with Gasteiger partial charge in [-0.05, 0) is 31.7 Å². The number of rotatable bonds is 4. The van der Waals surface area contributed by atoms with E-state index in [2.05, 4.69) is 10.2 Å². The van der Waals surface area contributed by atoms with E-state index < -0.39 is 35.6 Å². The SMILES string of the molecule is COC1CCC(Oc2ccn3c(C4CC4(F)F)nnc3c2C(F)(F)F)CC1. The number of alkyl halides is 5. The van der Waals surface area contributed by atoms with Crippen LogP contribution in [0.15, 0.2) is 12.3 Å². The Kier molecular flexibility index (Phi) is 4.28. The lowest BCUT2D eigenvalue weighted by molar-refractivity contribution is -0.138. The number of halogens is 5. The van der Waals surface area contributed by atoms with Crippen molar-refractivity contribution >= 4 is 5.65 Å². The molecule has 0 aromatic carbocycles. The molecular formula is C17H18F5N3O2. The Morgan fingerprint density at radius 2 is 1.74 bits per heavy atom. The van der Waals surface area contributed by atoms with Gasteiger partial charge in [0.2, 0.25) is 0 Å². The van der Waals surface area contributed by atoms with Gasteiger partial charge in [-0.15, -0.1) is 10.2 Å². The van der Waals surface area contributed by atoms with E-state index in [9.17, 15) is 22.0 Å². The zero-order valence-electron chi connectivity index (χ0n) is 14.5. The lowest BCUT2D eigenvalue weighted by atomic mass is 9.95. The van der Waals surface area contributed by atoms with Crippen LogP contribution in [0.5, 0.6) is 5.75 Å². The largest absolute Gasteiger partial charge is 0.490 e. The molecule has 1 unspecified atom stereocenters. The van der Waals surface area contributed by atoms with Crippen LogP contribution in [-0.2, 0) is 10.9 Å². The molecule has 2 heterocycles. The van der Waals surface area contributed by atoms with Gasteiger partial charge < -0.3 is 9.47 Å². The Balaban J connectivity index is 1.67. The summed E-state index contributed by atoms with van der Waals surface area (Å²) in [6.45, 7) is 0. The van der Waals surface area contributed by atoms with Gasteiger partial charge in [0.15, 0.2) is 5.65 Å². The van der Waals surface area contributed by atoms with Gasteiger partial charge in [0.1, 0.15) is 17.1 Å². The fourth-order valence-electron chi connectivity index (χ4n) is 3.62. The van der Waals surface area contributed by atoms with Crippen molar-refractivity contribution in [1.29, 1.82) is 0 Å². The molecule has 148 valence electrons. The molecule has 0 spiro atoms. The molecule has 2 aromatic heterocycles. The number of pyridine rings is 1. The molecule has 0 radical (unpaired) electrons. The van der Waals surface area contributed by atoms with E-state index in [1.807, 2.05) is 0 Å². The molecule has 27 heavy (non-hydrogen) atoms. The van der Waals surface area contributed by atoms with Crippen LogP contribution in [0.25, 0.3) is 5.65 Å². The second kappa shape index (κ2) is 6.29. The zero-order valence-corrected chi connectivity index (χ0v) is 14.5. The van der Waals surface area contributed by atoms with E-state index in [4.69, 9.17) is 9.47 Å². The van der Waals surface area contributed by atoms with Crippen molar-refractivity contribution in [2.45, 2.75) is 62.3 Å². The van der Waals surface area contributed by atoms with Gasteiger partial charge >= 0.3 is 6.18 Å². The first-order chi connectivity index (χ1) is 12.7. The number of hydrogen-bond donors (Lipinski definition) is 0. The zero-order chi connectivity index (χ0) is 19.4. The van der Waals surface area contributed by atoms with E-state index in [1.165, 1.54) is 6.20 Å². The second-order valence-electron chi connectivity index (χ2n) is 7.07. The van der Waals surface area contributed by atoms with E-state index in [1.54, 1.807) is 7.11 Å². The minimum atomic E-state index is -4.75. The number of methoxy groups -OCH3 is 1. The van der Waals surface area contributed by atoms with Crippen LogP contribution in [0, 0.1) is 0 Å². The molecule has 0 saturated heterocycles. The fraction of sp³-hybridized carbons (Fsp3) is 0.647. The molecule has 10 heteroatoms. The maximum atomic E-state index is 13.7. The Hall–Kier alpha value is -1.97. The van der Waals surface area contributed by atoms with Gasteiger partial charge in [0.05, 0.1) is 18.1 Å². The third-order valence-electron chi connectivity index (χ3n) is 5.24. The highest BCUT2D eigenvalue weighted by molar-refractivity contribution is 5.57. The van der Waals surface area contributed by atoms with E-state index in [0.29, 0.717) is 25.7 Å². The van der Waals surface area contributed by atoms with Crippen LogP contribution in [0.4, 0.5) is 22.0 Å². The van der Waals surface area contributed by atoms with Crippen LogP contribution in [0.1, 0.15) is 49.4 Å². The average Bonchev–Trinajstić information content (AvgIpc) is 3.04. The topological polar surface area (TPSA) is 48.7 Å². The first-order valence-electron chi connectivity index (χ1n) is 8.73. The quantitative estimate of drug-likeness (QED) is 0.733. The molecule has 0 amide bonds. The predicted octanol–water partition coefficient (Wildman–Crippen LogP) is 4.21. The third-order valence-corrected chi connectivity index (χ3v) is 5.24. The standard InChI is InChI=1S/C17H18F5N3O2/c1-26-9-2-4-10(5-3-9)27-12-6-7-25-14(11-8-16(11,18)19)23-24-15(25)13(12)17(20,21)22/h6-7,9-11H,2-5,8H2,1H3. The van der Waals surface area contributed by atoms with Crippen LogP contribution >= 0.6 is 0 Å². The molecule has 2 aliphatic rings. The maximum absolute atomic E-state index is 13.7. The normalized spacial score (nSPS) is 27.7. The van der Waals surface area contributed by atoms with Crippen molar-refractivity contribution in [3.05, 3.63) is 23.7 Å². The number of ether oxygens (including phenoxy) is 2. The highest BCUT2D eigenvalue weighted by Gasteiger charge is 2.60. The summed E-state index contributed by atoms with van der Waals surface area (Å²) in [6.07, 6.45) is -1.63. The molecule has 2 aromatic rings. The van der Waals surface area contributed by atoms with Gasteiger partial charge in [-0.2, -0.15) is 13.2 Å². The minimum Gasteiger partial charge on any atom is -0.490 e. The van der Waals surface area contributed by atoms with Crippen molar-refractivity contribution in [2.24, 2.45) is 0 Å². The summed E-state index contributed by atoms with van der Waals surface area (Å²) in [7, 11) is 1.60. The van der Waals surface area contributed by atoms with Crippen LogP contribution < -0.4 is 4.74 Å². The van der Waals surface area contributed by atoms with Gasteiger partial charge in [0, 0.05) is 19.7 Å². The number of aromatic nitrogens is 3. The first kappa shape index (κ1) is 18.4. The minimum absolute atomic E-state index is 0.0914. The summed E-state index contributed by atoms with van der Waals surface area (Å²) in [6, 6.07) is 1.16. The molecule has 4 rings (SSSR count). The first-order valence-corrected chi connectivity index (χ1v) is 8.73. The summed E-state index contributed by atoms with van der Waals surface area (Å²) in [4.78, 5) is 0. The highest BCUT2D eigenvalue weighted by Crippen LogP contribution is 2.55. The third kappa shape index (κ3) is 3.35. The molecule has 0 bridgehead atoms. The molecule has 0 aliphatic heterocycles. The molecule has 0 N–H and O–H groups in total. The van der Waals surface area contributed by atoms with Gasteiger partial charge in [-0.25, -0.2) is 8.78 Å². The Morgan fingerprint density at radius 1 is 1.11 bits per heavy atom. The monoisotopic (exact) mass is 391 g/mol. The molecule has 2 aliphatic carbocycles. The second-order valence-corrected chi connectivity index (χ2v) is 7.07. The Morgan fingerprint density at radius 3 is 2.30 bits per heavy atom. The van der Waals surface area contributed by atoms with Crippen LogP contribution in [0.3, 0.4) is 0 Å². The van der Waals surface area contributed by atoms with Gasteiger partial charge in [-0.1, -0.05) is 0 Å². The molecule has 1 atom stereocenters. The number of nitrogens with zero attached hydrogens (tertiary/aromatic N) is 3. The van der Waals surface area contributed by atoms with Crippen molar-refractivity contribution < 1.29 is 31.4 Å². The van der Waals surface area contributed by atoms with Gasteiger partial charge in [-0.3, -0.25) is 4.40 Å². The maximum Gasteiger partial charge on any atom is 0.423 e. The summed E-state index contributed by atoms with van der Waals surface area (Å²) in [5.74, 6) is -4.66. The van der Waals surface area contributed by atoms with Crippen molar-refractivity contribution in [2.75, 3.05) is 7.11 Å². The van der Waals surface area contributed by atoms with E-state index in [0.717, 1.165) is 10.5 Å². The number of fused-ring (bicyclic) bond motifs is 1. The predicted molar refractivity (Wildman–Crippen MR) is 84.0 cm³/mol. The van der Waals surface area contributed by atoms with E-state index >= 15 is 0 Å². The fourth-order valence-corrected chi connectivity index (χ4v) is 3.62. The molecular weight excluding hydrogens is 373 g/mol. The Labute approximate surface area is 151 Å². The van der Waals surface area contributed by atoms with Gasteiger partial charge in [0.25, 0.3) is 5.92 Å². The molecule has 2 fully saturated rings. The van der Waals surface area contributed by atoms with Crippen molar-refractivity contribution in [3.63, 3.8) is 0 Å². The number of hydrogen-bond acceptors (Lipinski definition) is 4. The Bertz CT molecular complexity index is 843. The lowest BCUT2D eigenvalue weighted by Crippen LogP contribution is -2.28. The van der Waals surface area contributed by atoms with E-state index in [-0.39, 0.29) is 23.8 Å². The summed E-state index contributed by atoms with van der Waals surface area (Å²) >= 11 is 0. The summed E-state index contributed by atoms with van der Waals surface area (Å²) in [5.41, 5.74) is -1.59. The lowest BCUT2D eigenvalue weighted by Gasteiger charge is -2.29. The summed E-state index contributed by atoms with van der Waals surface area (Å²) in [5, 5.41) is 7.15. The van der Waals surface area contributed by atoms with Crippen molar-refractivity contribution in [1.82, 2.24) is 14.6 Å². The smallest absolute Gasteiger partial charge is 0.423 e. The van der Waals surface area contributed by atoms with Crippen molar-refractivity contribution in [3.8, 4) is 5.75 Å². The van der Waals surface area contributed by atoms with Crippen LogP contribution in [0.2, 0.25) is 0 Å². The van der Waals surface area contributed by atoms with Crippen LogP contribution in [-0.4, -0.2) is 39.8 Å². The summed E-state index contributed by atoms with van der Waals surface area (Å²) < 4.78 is 79.6. The molecule has 2 saturated carbocycles. The average molecular weight is 391 g/mol. The highest BCUT2D eigenvalue weighted by atomic mass is 19.4. The molecule has 5 nitrogen and oxygen atoms in total.